The van der Waals surface area contributed by atoms with Gasteiger partial charge in [0.05, 0.1) is 0 Å². The molecule has 0 amide bonds. The summed E-state index contributed by atoms with van der Waals surface area (Å²) in [5, 5.41) is 0. The molecule has 1 atom stereocenters. The summed E-state index contributed by atoms with van der Waals surface area (Å²) in [6.45, 7) is 7.01. The van der Waals surface area contributed by atoms with Gasteiger partial charge in [-0.1, -0.05) is 13.8 Å². The van der Waals surface area contributed by atoms with Crippen LogP contribution in [0.25, 0.3) is 0 Å². The van der Waals surface area contributed by atoms with Crippen molar-refractivity contribution < 1.29 is 8.42 Å². The fourth-order valence-electron chi connectivity index (χ4n) is 2.66. The fourth-order valence-corrected chi connectivity index (χ4v) is 4.60. The van der Waals surface area contributed by atoms with Gasteiger partial charge in [-0.2, -0.15) is 17.0 Å². The molecule has 4 nitrogen and oxygen atoms in total. The smallest absolute Gasteiger partial charge is 0.195 e. The molecule has 1 heterocycles. The normalized spacial score (nSPS) is 26.7. The molecule has 0 aromatic heterocycles. The van der Waals surface area contributed by atoms with Crippen LogP contribution in [0.15, 0.2) is 0 Å². The zero-order valence-corrected chi connectivity index (χ0v) is 12.5. The first kappa shape index (κ1) is 14.3. The monoisotopic (exact) mass is 274 g/mol. The van der Waals surface area contributed by atoms with Crippen molar-refractivity contribution in [2.75, 3.05) is 26.2 Å². The molecule has 0 N–H and O–H groups in total. The molecule has 106 valence electrons. The van der Waals surface area contributed by atoms with Crippen LogP contribution in [0.5, 0.6) is 0 Å². The molecular weight excluding hydrogens is 248 g/mol. The minimum Gasteiger partial charge on any atom is -0.195 e. The zero-order chi connectivity index (χ0) is 13.2. The van der Waals surface area contributed by atoms with Gasteiger partial charge >= 0.3 is 0 Å². The van der Waals surface area contributed by atoms with Crippen LogP contribution in [-0.2, 0) is 10.2 Å². The summed E-state index contributed by atoms with van der Waals surface area (Å²) in [4.78, 5) is 0. The number of rotatable bonds is 6. The van der Waals surface area contributed by atoms with Crippen LogP contribution in [0.2, 0.25) is 0 Å². The quantitative estimate of drug-likeness (QED) is 0.744. The first-order chi connectivity index (χ1) is 8.54. The van der Waals surface area contributed by atoms with Crippen LogP contribution in [0, 0.1) is 11.8 Å². The highest BCUT2D eigenvalue weighted by molar-refractivity contribution is 7.86. The van der Waals surface area contributed by atoms with Gasteiger partial charge in [-0.3, -0.25) is 0 Å². The van der Waals surface area contributed by atoms with Crippen molar-refractivity contribution in [1.29, 1.82) is 0 Å². The van der Waals surface area contributed by atoms with Gasteiger partial charge in [-0.25, -0.2) is 0 Å². The van der Waals surface area contributed by atoms with E-state index in [0.717, 1.165) is 25.8 Å². The van der Waals surface area contributed by atoms with Crippen molar-refractivity contribution in [1.82, 2.24) is 8.61 Å². The molecule has 1 saturated carbocycles. The van der Waals surface area contributed by atoms with Crippen molar-refractivity contribution in [3.05, 3.63) is 0 Å². The van der Waals surface area contributed by atoms with Gasteiger partial charge in [-0.15, -0.1) is 0 Å². The number of nitrogens with zero attached hydrogens (tertiary/aromatic N) is 2. The number of hydrogen-bond acceptors (Lipinski definition) is 2. The standard InChI is InChI=1S/C13H26N2O2S/c1-3-8-14(11-13-6-7-13)18(16,17)15-9-4-5-12(2)10-15/h12-13H,3-11H2,1-2H3/t12-/m0/s1. The van der Waals surface area contributed by atoms with Gasteiger partial charge in [0.15, 0.2) is 0 Å². The molecule has 2 rings (SSSR count). The van der Waals surface area contributed by atoms with E-state index in [4.69, 9.17) is 0 Å². The van der Waals surface area contributed by atoms with Gasteiger partial charge in [0.25, 0.3) is 10.2 Å². The summed E-state index contributed by atoms with van der Waals surface area (Å²) in [6, 6.07) is 0. The molecule has 1 aliphatic carbocycles. The Bertz CT molecular complexity index is 365. The summed E-state index contributed by atoms with van der Waals surface area (Å²) in [5.41, 5.74) is 0. The third kappa shape index (κ3) is 3.45. The third-order valence-corrected chi connectivity index (χ3v) is 5.87. The average molecular weight is 274 g/mol. The van der Waals surface area contributed by atoms with Crippen molar-refractivity contribution in [3.63, 3.8) is 0 Å². The lowest BCUT2D eigenvalue weighted by Gasteiger charge is -2.34. The second-order valence-electron chi connectivity index (χ2n) is 5.91. The predicted molar refractivity (Wildman–Crippen MR) is 73.5 cm³/mol. The maximum atomic E-state index is 12.6. The molecule has 5 heteroatoms. The van der Waals surface area contributed by atoms with Gasteiger partial charge in [0.2, 0.25) is 0 Å². The summed E-state index contributed by atoms with van der Waals surface area (Å²) in [6.07, 6.45) is 5.46. The van der Waals surface area contributed by atoms with Crippen LogP contribution in [0.3, 0.4) is 0 Å². The van der Waals surface area contributed by atoms with Crippen molar-refractivity contribution in [2.24, 2.45) is 11.8 Å². The molecule has 0 radical (unpaired) electrons. The van der Waals surface area contributed by atoms with E-state index in [1.54, 1.807) is 8.61 Å². The Kier molecular flexibility index (Phi) is 4.67. The maximum absolute atomic E-state index is 12.6. The van der Waals surface area contributed by atoms with E-state index in [2.05, 4.69) is 6.92 Å². The lowest BCUT2D eigenvalue weighted by Crippen LogP contribution is -2.48. The molecule has 0 unspecified atom stereocenters. The van der Waals surface area contributed by atoms with Crippen molar-refractivity contribution >= 4 is 10.2 Å². The van der Waals surface area contributed by atoms with E-state index in [9.17, 15) is 8.42 Å². The minimum atomic E-state index is -3.21. The second-order valence-corrected chi connectivity index (χ2v) is 7.84. The maximum Gasteiger partial charge on any atom is 0.281 e. The van der Waals surface area contributed by atoms with Crippen molar-refractivity contribution in [3.8, 4) is 0 Å². The SMILES string of the molecule is CCCN(CC1CC1)S(=O)(=O)N1CCC[C@H](C)C1. The molecule has 0 aromatic rings. The topological polar surface area (TPSA) is 40.6 Å². The summed E-state index contributed by atoms with van der Waals surface area (Å²) >= 11 is 0. The van der Waals surface area contributed by atoms with E-state index in [0.29, 0.717) is 31.5 Å². The third-order valence-electron chi connectivity index (χ3n) is 3.90. The van der Waals surface area contributed by atoms with E-state index < -0.39 is 10.2 Å². The summed E-state index contributed by atoms with van der Waals surface area (Å²) in [7, 11) is -3.21. The highest BCUT2D eigenvalue weighted by Gasteiger charge is 2.35. The van der Waals surface area contributed by atoms with Crippen LogP contribution >= 0.6 is 0 Å². The molecule has 0 spiro atoms. The molecule has 2 aliphatic rings. The Labute approximate surface area is 112 Å². The van der Waals surface area contributed by atoms with E-state index in [-0.39, 0.29) is 0 Å². The Morgan fingerprint density at radius 1 is 1.28 bits per heavy atom. The fraction of sp³-hybridized carbons (Fsp3) is 1.00. The molecule has 18 heavy (non-hydrogen) atoms. The van der Waals surface area contributed by atoms with Crippen molar-refractivity contribution in [2.45, 2.75) is 46.0 Å². The number of hydrogen-bond donors (Lipinski definition) is 0. The molecule has 1 saturated heterocycles. The second kappa shape index (κ2) is 5.88. The van der Waals surface area contributed by atoms with Gasteiger partial charge < -0.3 is 0 Å². The summed E-state index contributed by atoms with van der Waals surface area (Å²) in [5.74, 6) is 1.12. The Hall–Kier alpha value is -0.130. The highest BCUT2D eigenvalue weighted by atomic mass is 32.2. The zero-order valence-electron chi connectivity index (χ0n) is 11.6. The average Bonchev–Trinajstić information content (AvgIpc) is 3.12. The van der Waals surface area contributed by atoms with E-state index in [1.165, 1.54) is 12.8 Å². The lowest BCUT2D eigenvalue weighted by molar-refractivity contribution is 0.255. The first-order valence-corrected chi connectivity index (χ1v) is 8.69. The molecular formula is C13H26N2O2S. The first-order valence-electron chi connectivity index (χ1n) is 7.29. The predicted octanol–water partition coefficient (Wildman–Crippen LogP) is 2.09. The highest BCUT2D eigenvalue weighted by Crippen LogP contribution is 2.31. The van der Waals surface area contributed by atoms with Gasteiger partial charge in [-0.05, 0) is 43.9 Å². The lowest BCUT2D eigenvalue weighted by atomic mass is 10.0. The van der Waals surface area contributed by atoms with Crippen LogP contribution in [0.1, 0.15) is 46.0 Å². The van der Waals surface area contributed by atoms with Gasteiger partial charge in [0.1, 0.15) is 0 Å². The Morgan fingerprint density at radius 2 is 2.00 bits per heavy atom. The Balaban J connectivity index is 2.04. The van der Waals surface area contributed by atoms with E-state index >= 15 is 0 Å². The molecule has 2 fully saturated rings. The van der Waals surface area contributed by atoms with Gasteiger partial charge in [0, 0.05) is 26.2 Å². The van der Waals surface area contributed by atoms with E-state index in [1.807, 2.05) is 6.92 Å². The molecule has 0 aromatic carbocycles. The van der Waals surface area contributed by atoms with Crippen LogP contribution in [-0.4, -0.2) is 43.2 Å². The minimum absolute atomic E-state index is 0.498. The Morgan fingerprint density at radius 3 is 2.56 bits per heavy atom. The number of piperidine rings is 1. The van der Waals surface area contributed by atoms with Crippen LogP contribution in [0.4, 0.5) is 0 Å². The molecule has 1 aliphatic heterocycles. The van der Waals surface area contributed by atoms with Crippen LogP contribution < -0.4 is 0 Å². The summed E-state index contributed by atoms with van der Waals surface area (Å²) < 4.78 is 28.7. The molecule has 0 bridgehead atoms. The largest absolute Gasteiger partial charge is 0.281 e.